The van der Waals surface area contributed by atoms with E-state index in [0.29, 0.717) is 0 Å². The van der Waals surface area contributed by atoms with E-state index in [2.05, 4.69) is 95.9 Å². The highest BCUT2D eigenvalue weighted by Gasteiger charge is 2.24. The minimum atomic E-state index is 0.973. The molecule has 0 radical (unpaired) electrons. The highest BCUT2D eigenvalue weighted by molar-refractivity contribution is 7.21. The summed E-state index contributed by atoms with van der Waals surface area (Å²) in [6.07, 6.45) is 9.88. The normalized spacial score (nSPS) is 15.0. The van der Waals surface area contributed by atoms with Crippen LogP contribution in [0.5, 0.6) is 0 Å². The first-order chi connectivity index (χ1) is 14.4. The number of nitrogens with zero attached hydrogens (tertiary/aromatic N) is 2. The summed E-state index contributed by atoms with van der Waals surface area (Å²) in [7, 11) is 0. The van der Waals surface area contributed by atoms with Gasteiger partial charge >= 0.3 is 0 Å². The molecule has 1 aromatic heterocycles. The van der Waals surface area contributed by atoms with E-state index in [1.54, 1.807) is 11.3 Å². The van der Waals surface area contributed by atoms with Crippen molar-refractivity contribution in [1.82, 2.24) is 4.98 Å². The average Bonchev–Trinajstić information content (AvgIpc) is 3.22. The van der Waals surface area contributed by atoms with Crippen molar-refractivity contribution in [2.24, 2.45) is 0 Å². The topological polar surface area (TPSA) is 16.1 Å². The van der Waals surface area contributed by atoms with Gasteiger partial charge in [0.2, 0.25) is 0 Å². The van der Waals surface area contributed by atoms with Crippen LogP contribution in [0.15, 0.2) is 102 Å². The van der Waals surface area contributed by atoms with Gasteiger partial charge in [-0.15, -0.1) is 11.3 Å². The Kier molecular flexibility index (Phi) is 3.74. The lowest BCUT2D eigenvalue weighted by atomic mass is 9.93. The molecule has 3 aromatic carbocycles. The number of allylic oxidation sites excluding steroid dienone is 4. The second-order valence-electron chi connectivity index (χ2n) is 7.28. The summed E-state index contributed by atoms with van der Waals surface area (Å²) < 4.78 is 1.23. The van der Waals surface area contributed by atoms with Gasteiger partial charge in [0.1, 0.15) is 5.01 Å². The lowest BCUT2D eigenvalue weighted by Crippen LogP contribution is -2.22. The first kappa shape index (κ1) is 16.5. The standard InChI is InChI=1S/C26H18N2S/c1-4-10-23-19(7-1)17-20-8-2-5-11-24(20)28(23)21-15-13-18(14-16-21)26-27-22-9-3-6-12-25(22)29-26/h1-7,9-17H,8H2. The van der Waals surface area contributed by atoms with Gasteiger partial charge in [0.15, 0.2) is 0 Å². The molecule has 0 saturated carbocycles. The van der Waals surface area contributed by atoms with E-state index >= 15 is 0 Å². The lowest BCUT2D eigenvalue weighted by molar-refractivity contribution is 1.08. The Hall–Kier alpha value is -3.43. The van der Waals surface area contributed by atoms with E-state index < -0.39 is 0 Å². The summed E-state index contributed by atoms with van der Waals surface area (Å²) in [6.45, 7) is 0. The molecule has 0 saturated heterocycles. The molecule has 2 nitrogen and oxygen atoms in total. The zero-order valence-electron chi connectivity index (χ0n) is 15.7. The largest absolute Gasteiger partial charge is 0.310 e. The van der Waals surface area contributed by atoms with Gasteiger partial charge in [-0.25, -0.2) is 4.98 Å². The summed E-state index contributed by atoms with van der Waals surface area (Å²) in [5.74, 6) is 0. The number of thiazole rings is 1. The Bertz CT molecular complexity index is 1290. The third kappa shape index (κ3) is 2.74. The molecule has 0 atom stereocenters. The van der Waals surface area contributed by atoms with Crippen LogP contribution >= 0.6 is 11.3 Å². The van der Waals surface area contributed by atoms with Crippen LogP contribution in [0.1, 0.15) is 12.0 Å². The van der Waals surface area contributed by atoms with Crippen molar-refractivity contribution in [3.05, 3.63) is 108 Å². The number of aromatic nitrogens is 1. The van der Waals surface area contributed by atoms with Crippen LogP contribution in [0.2, 0.25) is 0 Å². The van der Waals surface area contributed by atoms with Crippen molar-refractivity contribution in [3.8, 4) is 10.6 Å². The van der Waals surface area contributed by atoms with E-state index in [1.807, 2.05) is 6.07 Å². The van der Waals surface area contributed by atoms with E-state index in [1.165, 1.54) is 32.9 Å². The molecule has 0 bridgehead atoms. The first-order valence-corrected chi connectivity index (χ1v) is 10.6. The van der Waals surface area contributed by atoms with Crippen LogP contribution in [0.25, 0.3) is 26.9 Å². The maximum atomic E-state index is 4.80. The number of benzene rings is 3. The van der Waals surface area contributed by atoms with Crippen LogP contribution in [0, 0.1) is 0 Å². The van der Waals surface area contributed by atoms with Crippen molar-refractivity contribution >= 4 is 39.0 Å². The fourth-order valence-corrected chi connectivity index (χ4v) is 5.05. The summed E-state index contributed by atoms with van der Waals surface area (Å²) in [5, 5.41) is 1.07. The Labute approximate surface area is 173 Å². The molecule has 2 aliphatic rings. The maximum Gasteiger partial charge on any atom is 0.124 e. The van der Waals surface area contributed by atoms with Gasteiger partial charge in [0.25, 0.3) is 0 Å². The summed E-state index contributed by atoms with van der Waals surface area (Å²) in [6, 6.07) is 25.7. The predicted molar refractivity (Wildman–Crippen MR) is 123 cm³/mol. The number of anilines is 2. The summed E-state index contributed by atoms with van der Waals surface area (Å²) in [4.78, 5) is 7.17. The second kappa shape index (κ2) is 6.57. The molecular weight excluding hydrogens is 372 g/mol. The van der Waals surface area contributed by atoms with Gasteiger partial charge in [0, 0.05) is 16.9 Å². The molecule has 138 valence electrons. The Balaban J connectivity index is 1.44. The van der Waals surface area contributed by atoms with Crippen LogP contribution in [0.3, 0.4) is 0 Å². The van der Waals surface area contributed by atoms with Crippen molar-refractivity contribution in [3.63, 3.8) is 0 Å². The SMILES string of the molecule is C1=CCC2=Cc3ccccc3N(c3ccc(-c4nc5ccccc5s4)cc3)C2=C1. The first-order valence-electron chi connectivity index (χ1n) is 9.80. The zero-order chi connectivity index (χ0) is 19.2. The maximum absolute atomic E-state index is 4.80. The third-order valence-electron chi connectivity index (χ3n) is 5.47. The fourth-order valence-electron chi connectivity index (χ4n) is 4.07. The Morgan fingerprint density at radius 1 is 0.862 bits per heavy atom. The zero-order valence-corrected chi connectivity index (χ0v) is 16.6. The Morgan fingerprint density at radius 3 is 2.59 bits per heavy atom. The highest BCUT2D eigenvalue weighted by atomic mass is 32.1. The molecule has 3 heteroatoms. The van der Waals surface area contributed by atoms with Crippen molar-refractivity contribution in [2.45, 2.75) is 6.42 Å². The molecule has 0 N–H and O–H groups in total. The van der Waals surface area contributed by atoms with E-state index in [0.717, 1.165) is 22.5 Å². The van der Waals surface area contributed by atoms with E-state index in [-0.39, 0.29) is 0 Å². The van der Waals surface area contributed by atoms with Gasteiger partial charge < -0.3 is 4.90 Å². The van der Waals surface area contributed by atoms with Crippen molar-refractivity contribution < 1.29 is 0 Å². The molecule has 4 aromatic rings. The lowest BCUT2D eigenvalue weighted by Gasteiger charge is -2.34. The average molecular weight is 391 g/mol. The molecule has 0 spiro atoms. The minimum absolute atomic E-state index is 0.973. The fraction of sp³-hybridized carbons (Fsp3) is 0.0385. The quantitative estimate of drug-likeness (QED) is 0.356. The molecule has 0 amide bonds. The van der Waals surface area contributed by atoms with Gasteiger partial charge in [0.05, 0.1) is 15.9 Å². The molecule has 29 heavy (non-hydrogen) atoms. The molecule has 1 aliphatic carbocycles. The summed E-state index contributed by atoms with van der Waals surface area (Å²) >= 11 is 1.74. The van der Waals surface area contributed by atoms with Crippen molar-refractivity contribution in [1.29, 1.82) is 0 Å². The second-order valence-corrected chi connectivity index (χ2v) is 8.31. The van der Waals surface area contributed by atoms with E-state index in [4.69, 9.17) is 4.98 Å². The molecule has 0 unspecified atom stereocenters. The van der Waals surface area contributed by atoms with Crippen LogP contribution in [0.4, 0.5) is 11.4 Å². The Morgan fingerprint density at radius 2 is 1.69 bits per heavy atom. The molecule has 0 fully saturated rings. The number of fused-ring (bicyclic) bond motifs is 3. The number of hydrogen-bond donors (Lipinski definition) is 0. The van der Waals surface area contributed by atoms with Gasteiger partial charge in [-0.3, -0.25) is 0 Å². The van der Waals surface area contributed by atoms with Gasteiger partial charge in [-0.2, -0.15) is 0 Å². The number of hydrogen-bond acceptors (Lipinski definition) is 3. The minimum Gasteiger partial charge on any atom is -0.310 e. The molecule has 2 heterocycles. The summed E-state index contributed by atoms with van der Waals surface area (Å²) in [5.41, 5.74) is 8.52. The van der Waals surface area contributed by atoms with Crippen molar-refractivity contribution in [2.75, 3.05) is 4.90 Å². The van der Waals surface area contributed by atoms with Gasteiger partial charge in [-0.1, -0.05) is 42.5 Å². The van der Waals surface area contributed by atoms with Crippen LogP contribution in [-0.2, 0) is 0 Å². The predicted octanol–water partition coefficient (Wildman–Crippen LogP) is 7.34. The van der Waals surface area contributed by atoms with Crippen LogP contribution < -0.4 is 4.90 Å². The molecule has 6 rings (SSSR count). The third-order valence-corrected chi connectivity index (χ3v) is 6.56. The molecule has 1 aliphatic heterocycles. The highest BCUT2D eigenvalue weighted by Crippen LogP contribution is 2.43. The number of para-hydroxylation sites is 2. The number of rotatable bonds is 2. The monoisotopic (exact) mass is 390 g/mol. The smallest absolute Gasteiger partial charge is 0.124 e. The van der Waals surface area contributed by atoms with Gasteiger partial charge in [-0.05, 0) is 72.2 Å². The van der Waals surface area contributed by atoms with Crippen LogP contribution in [-0.4, -0.2) is 4.98 Å². The molecular formula is C26H18N2S. The van der Waals surface area contributed by atoms with E-state index in [9.17, 15) is 0 Å².